The lowest BCUT2D eigenvalue weighted by molar-refractivity contribution is -0.118. The molecule has 0 bridgehead atoms. The molecule has 1 rings (SSSR count). The Morgan fingerprint density at radius 1 is 1.44 bits per heavy atom. The minimum atomic E-state index is -0.234. The third kappa shape index (κ3) is 4.08. The molecular weight excluding hydrogens is 296 g/mol. The molecule has 100 valence electrons. The van der Waals surface area contributed by atoms with Crippen LogP contribution in [0.3, 0.4) is 0 Å². The molecule has 0 aliphatic carbocycles. The fourth-order valence-electron chi connectivity index (χ4n) is 1.70. The number of rotatable bonds is 5. The van der Waals surface area contributed by atoms with Crippen LogP contribution in [0.25, 0.3) is 0 Å². The van der Waals surface area contributed by atoms with Crippen molar-refractivity contribution in [3.63, 3.8) is 0 Å². The summed E-state index contributed by atoms with van der Waals surface area (Å²) in [5.74, 6) is -0.0894. The van der Waals surface area contributed by atoms with Crippen LogP contribution in [-0.2, 0) is 9.53 Å². The average Bonchev–Trinajstić information content (AvgIpc) is 2.32. The second-order valence-corrected chi connectivity index (χ2v) is 5.06. The van der Waals surface area contributed by atoms with Gasteiger partial charge in [0.2, 0.25) is 5.91 Å². The van der Waals surface area contributed by atoms with Gasteiger partial charge in [-0.15, -0.1) is 0 Å². The molecule has 1 atom stereocenters. The monoisotopic (exact) mass is 314 g/mol. The Balaban J connectivity index is 2.70. The largest absolute Gasteiger partial charge is 0.380 e. The SMILES string of the molecule is COC(CN)CC(=O)Nc1cc(C)c(Br)c(C)c1. The summed E-state index contributed by atoms with van der Waals surface area (Å²) in [6.45, 7) is 4.32. The van der Waals surface area contributed by atoms with Gasteiger partial charge in [0.25, 0.3) is 0 Å². The zero-order chi connectivity index (χ0) is 13.7. The van der Waals surface area contributed by atoms with Crippen molar-refractivity contribution in [1.29, 1.82) is 0 Å². The fraction of sp³-hybridized carbons (Fsp3) is 0.462. The van der Waals surface area contributed by atoms with E-state index in [-0.39, 0.29) is 18.4 Å². The molecule has 1 unspecified atom stereocenters. The number of halogens is 1. The number of methoxy groups -OCH3 is 1. The van der Waals surface area contributed by atoms with Crippen molar-refractivity contribution in [2.75, 3.05) is 19.0 Å². The van der Waals surface area contributed by atoms with Gasteiger partial charge in [-0.25, -0.2) is 0 Å². The van der Waals surface area contributed by atoms with Crippen molar-refractivity contribution >= 4 is 27.5 Å². The van der Waals surface area contributed by atoms with E-state index in [0.29, 0.717) is 6.54 Å². The van der Waals surface area contributed by atoms with E-state index in [1.807, 2.05) is 26.0 Å². The van der Waals surface area contributed by atoms with Crippen LogP contribution >= 0.6 is 15.9 Å². The van der Waals surface area contributed by atoms with Crippen molar-refractivity contribution in [3.05, 3.63) is 27.7 Å². The molecular formula is C13H19BrN2O2. The molecule has 0 aromatic heterocycles. The smallest absolute Gasteiger partial charge is 0.227 e. The average molecular weight is 315 g/mol. The Bertz CT molecular complexity index is 408. The van der Waals surface area contributed by atoms with E-state index in [1.54, 1.807) is 7.11 Å². The first kappa shape index (κ1) is 15.1. The topological polar surface area (TPSA) is 64.3 Å². The lowest BCUT2D eigenvalue weighted by Gasteiger charge is -2.13. The number of nitrogens with one attached hydrogen (secondary N) is 1. The number of anilines is 1. The Labute approximate surface area is 116 Å². The highest BCUT2D eigenvalue weighted by Gasteiger charge is 2.12. The van der Waals surface area contributed by atoms with Gasteiger partial charge in [0.1, 0.15) is 0 Å². The van der Waals surface area contributed by atoms with Crippen molar-refractivity contribution in [1.82, 2.24) is 0 Å². The molecule has 0 radical (unpaired) electrons. The van der Waals surface area contributed by atoms with Crippen molar-refractivity contribution in [3.8, 4) is 0 Å². The zero-order valence-electron chi connectivity index (χ0n) is 10.9. The van der Waals surface area contributed by atoms with Crippen LogP contribution < -0.4 is 11.1 Å². The van der Waals surface area contributed by atoms with E-state index in [4.69, 9.17) is 10.5 Å². The summed E-state index contributed by atoms with van der Waals surface area (Å²) in [5, 5.41) is 2.85. The van der Waals surface area contributed by atoms with Gasteiger partial charge in [-0.3, -0.25) is 4.79 Å². The third-order valence-corrected chi connectivity index (χ3v) is 3.98. The normalized spacial score (nSPS) is 12.3. The van der Waals surface area contributed by atoms with Crippen LogP contribution in [0.2, 0.25) is 0 Å². The number of amides is 1. The van der Waals surface area contributed by atoms with Gasteiger partial charge in [-0.2, -0.15) is 0 Å². The van der Waals surface area contributed by atoms with Crippen LogP contribution in [0, 0.1) is 13.8 Å². The molecule has 0 saturated carbocycles. The van der Waals surface area contributed by atoms with Gasteiger partial charge in [0.15, 0.2) is 0 Å². The molecule has 0 aliphatic rings. The number of nitrogens with two attached hydrogens (primary N) is 1. The van der Waals surface area contributed by atoms with Crippen LogP contribution in [0.1, 0.15) is 17.5 Å². The predicted molar refractivity (Wildman–Crippen MR) is 76.7 cm³/mol. The number of hydrogen-bond acceptors (Lipinski definition) is 3. The summed E-state index contributed by atoms with van der Waals surface area (Å²) >= 11 is 3.49. The Morgan fingerprint density at radius 2 is 2.00 bits per heavy atom. The van der Waals surface area contributed by atoms with Crippen molar-refractivity contribution < 1.29 is 9.53 Å². The molecule has 1 amide bonds. The third-order valence-electron chi connectivity index (χ3n) is 2.73. The number of carbonyl (C=O) groups is 1. The summed E-state index contributed by atoms with van der Waals surface area (Å²) in [7, 11) is 1.55. The van der Waals surface area contributed by atoms with Crippen LogP contribution in [0.4, 0.5) is 5.69 Å². The van der Waals surface area contributed by atoms with Crippen LogP contribution in [-0.4, -0.2) is 25.7 Å². The highest BCUT2D eigenvalue weighted by molar-refractivity contribution is 9.10. The first-order valence-electron chi connectivity index (χ1n) is 5.77. The molecule has 0 aliphatic heterocycles. The molecule has 3 N–H and O–H groups in total. The summed E-state index contributed by atoms with van der Waals surface area (Å²) in [4.78, 5) is 11.8. The molecule has 4 nitrogen and oxygen atoms in total. The predicted octanol–water partition coefficient (Wildman–Crippen LogP) is 2.37. The molecule has 18 heavy (non-hydrogen) atoms. The second kappa shape index (κ2) is 6.87. The van der Waals surface area contributed by atoms with E-state index in [0.717, 1.165) is 21.3 Å². The minimum Gasteiger partial charge on any atom is -0.380 e. The van der Waals surface area contributed by atoms with Crippen LogP contribution in [0.5, 0.6) is 0 Å². The second-order valence-electron chi connectivity index (χ2n) is 4.27. The van der Waals surface area contributed by atoms with E-state index in [2.05, 4.69) is 21.2 Å². The lowest BCUT2D eigenvalue weighted by Crippen LogP contribution is -2.28. The fourth-order valence-corrected chi connectivity index (χ4v) is 1.93. The van der Waals surface area contributed by atoms with Gasteiger partial charge in [-0.1, -0.05) is 15.9 Å². The summed E-state index contributed by atoms with van der Waals surface area (Å²) < 4.78 is 6.15. The highest BCUT2D eigenvalue weighted by atomic mass is 79.9. The molecule has 0 spiro atoms. The number of benzene rings is 1. The van der Waals surface area contributed by atoms with Gasteiger partial charge in [-0.05, 0) is 37.1 Å². The maximum atomic E-state index is 11.8. The first-order chi connectivity index (χ1) is 8.47. The number of hydrogen-bond donors (Lipinski definition) is 2. The maximum Gasteiger partial charge on any atom is 0.227 e. The summed E-state index contributed by atoms with van der Waals surface area (Å²) in [6.07, 6.45) is 0.0314. The maximum absolute atomic E-state index is 11.8. The van der Waals surface area contributed by atoms with Gasteiger partial charge < -0.3 is 15.8 Å². The Hall–Kier alpha value is -0.910. The van der Waals surface area contributed by atoms with Crippen molar-refractivity contribution in [2.45, 2.75) is 26.4 Å². The molecule has 1 aromatic carbocycles. The Kier molecular flexibility index (Phi) is 5.78. The summed E-state index contributed by atoms with van der Waals surface area (Å²) in [5.41, 5.74) is 8.46. The minimum absolute atomic E-state index is 0.0894. The van der Waals surface area contributed by atoms with E-state index in [1.165, 1.54) is 0 Å². The molecule has 5 heteroatoms. The molecule has 0 fully saturated rings. The van der Waals surface area contributed by atoms with Crippen molar-refractivity contribution in [2.24, 2.45) is 5.73 Å². The van der Waals surface area contributed by atoms with E-state index in [9.17, 15) is 4.79 Å². The molecule has 0 heterocycles. The van der Waals surface area contributed by atoms with Gasteiger partial charge >= 0.3 is 0 Å². The van der Waals surface area contributed by atoms with E-state index < -0.39 is 0 Å². The number of aryl methyl sites for hydroxylation is 2. The number of ether oxygens (including phenoxy) is 1. The van der Waals surface area contributed by atoms with Gasteiger partial charge in [0.05, 0.1) is 12.5 Å². The zero-order valence-corrected chi connectivity index (χ0v) is 12.5. The standard InChI is InChI=1S/C13H19BrN2O2/c1-8-4-10(5-9(2)13(8)14)16-12(17)6-11(7-15)18-3/h4-5,11H,6-7,15H2,1-3H3,(H,16,17). The summed E-state index contributed by atoms with van der Waals surface area (Å²) in [6, 6.07) is 3.86. The Morgan fingerprint density at radius 3 is 2.44 bits per heavy atom. The van der Waals surface area contributed by atoms with E-state index >= 15 is 0 Å². The first-order valence-corrected chi connectivity index (χ1v) is 6.56. The highest BCUT2D eigenvalue weighted by Crippen LogP contribution is 2.25. The lowest BCUT2D eigenvalue weighted by atomic mass is 10.1. The quantitative estimate of drug-likeness (QED) is 0.877. The number of carbonyl (C=O) groups excluding carboxylic acids is 1. The molecule has 1 aromatic rings. The molecule has 0 saturated heterocycles. The van der Waals surface area contributed by atoms with Gasteiger partial charge in [0, 0.05) is 23.8 Å². The van der Waals surface area contributed by atoms with Crippen LogP contribution in [0.15, 0.2) is 16.6 Å².